The van der Waals surface area contributed by atoms with Gasteiger partial charge >= 0.3 is 0 Å². The lowest BCUT2D eigenvalue weighted by Gasteiger charge is -2.14. The summed E-state index contributed by atoms with van der Waals surface area (Å²) in [6.45, 7) is 6.09. The summed E-state index contributed by atoms with van der Waals surface area (Å²) in [6, 6.07) is 8.00. The molecule has 3 rings (SSSR count). The van der Waals surface area contributed by atoms with Crippen LogP contribution in [0.25, 0.3) is 16.7 Å². The molecule has 142 valence electrons. The number of rotatable bonds is 7. The van der Waals surface area contributed by atoms with Crippen LogP contribution in [0, 0.1) is 6.92 Å². The van der Waals surface area contributed by atoms with Crippen molar-refractivity contribution in [3.8, 4) is 5.69 Å². The van der Waals surface area contributed by atoms with Crippen LogP contribution in [0.2, 0.25) is 0 Å². The minimum atomic E-state index is -0.263. The number of thioether (sulfide) groups is 1. The maximum absolute atomic E-state index is 12.4. The fraction of sp³-hybridized carbons (Fsp3) is 0.368. The van der Waals surface area contributed by atoms with E-state index in [9.17, 15) is 9.59 Å². The quantitative estimate of drug-likeness (QED) is 0.482. The van der Waals surface area contributed by atoms with Crippen molar-refractivity contribution in [1.82, 2.24) is 25.1 Å². The Kier molecular flexibility index (Phi) is 5.95. The van der Waals surface area contributed by atoms with Gasteiger partial charge in [0.05, 0.1) is 17.6 Å². The maximum atomic E-state index is 12.4. The predicted octanol–water partition coefficient (Wildman–Crippen LogP) is 2.81. The largest absolute Gasteiger partial charge is 0.353 e. The zero-order valence-corrected chi connectivity index (χ0v) is 16.5. The highest BCUT2D eigenvalue weighted by atomic mass is 32.2. The van der Waals surface area contributed by atoms with Gasteiger partial charge in [-0.2, -0.15) is 5.10 Å². The standard InChI is InChI=1S/C19H23N5O2S/c1-4-13(5-2)21-16(25)11-27-19-22-17-15(18(26)23-19)10-20-24(17)14-8-6-12(3)7-9-14/h6-10,13H,4-5,11H2,1-3H3,(H,21,25)(H,22,23,26). The van der Waals surface area contributed by atoms with Crippen LogP contribution in [0.1, 0.15) is 32.3 Å². The number of fused-ring (bicyclic) bond motifs is 1. The molecule has 0 bridgehead atoms. The number of aromatic amines is 1. The summed E-state index contributed by atoms with van der Waals surface area (Å²) in [5.74, 6) is 0.132. The Balaban J connectivity index is 1.83. The highest BCUT2D eigenvalue weighted by Gasteiger charge is 2.14. The van der Waals surface area contributed by atoms with Gasteiger partial charge in [0.2, 0.25) is 5.91 Å². The van der Waals surface area contributed by atoms with Crippen molar-refractivity contribution in [2.75, 3.05) is 5.75 Å². The summed E-state index contributed by atoms with van der Waals surface area (Å²) >= 11 is 1.21. The fourth-order valence-corrected chi connectivity index (χ4v) is 3.40. The lowest BCUT2D eigenvalue weighted by atomic mass is 10.2. The van der Waals surface area contributed by atoms with Gasteiger partial charge in [-0.15, -0.1) is 0 Å². The number of nitrogens with zero attached hydrogens (tertiary/aromatic N) is 3. The third-order valence-corrected chi connectivity index (χ3v) is 5.26. The topological polar surface area (TPSA) is 92.7 Å². The Labute approximate surface area is 161 Å². The summed E-state index contributed by atoms with van der Waals surface area (Å²) in [5, 5.41) is 8.10. The fourth-order valence-electron chi connectivity index (χ4n) is 2.74. The summed E-state index contributed by atoms with van der Waals surface area (Å²) in [6.07, 6.45) is 3.29. The molecule has 1 aromatic carbocycles. The molecule has 0 saturated heterocycles. The number of aryl methyl sites for hydroxylation is 1. The van der Waals surface area contributed by atoms with Crippen LogP contribution in [-0.4, -0.2) is 37.5 Å². The van der Waals surface area contributed by atoms with E-state index >= 15 is 0 Å². The lowest BCUT2D eigenvalue weighted by molar-refractivity contribution is -0.119. The molecule has 0 aliphatic heterocycles. The van der Waals surface area contributed by atoms with Crippen LogP contribution in [0.5, 0.6) is 0 Å². The minimum Gasteiger partial charge on any atom is -0.353 e. The summed E-state index contributed by atoms with van der Waals surface area (Å²) in [4.78, 5) is 31.7. The molecular weight excluding hydrogens is 362 g/mol. The Morgan fingerprint density at radius 1 is 1.26 bits per heavy atom. The zero-order chi connectivity index (χ0) is 19.4. The smallest absolute Gasteiger partial charge is 0.262 e. The highest BCUT2D eigenvalue weighted by Crippen LogP contribution is 2.18. The normalized spacial score (nSPS) is 11.3. The monoisotopic (exact) mass is 385 g/mol. The van der Waals surface area contributed by atoms with E-state index in [2.05, 4.69) is 20.4 Å². The van der Waals surface area contributed by atoms with Crippen molar-refractivity contribution in [2.45, 2.75) is 44.8 Å². The van der Waals surface area contributed by atoms with E-state index in [1.54, 1.807) is 4.68 Å². The summed E-state index contributed by atoms with van der Waals surface area (Å²) < 4.78 is 1.64. The number of H-pyrrole nitrogens is 1. The van der Waals surface area contributed by atoms with Crippen molar-refractivity contribution in [2.24, 2.45) is 0 Å². The Bertz CT molecular complexity index is 989. The molecule has 0 aliphatic rings. The van der Waals surface area contributed by atoms with E-state index in [-0.39, 0.29) is 23.3 Å². The van der Waals surface area contributed by atoms with E-state index in [1.165, 1.54) is 18.0 Å². The molecule has 0 radical (unpaired) electrons. The first kappa shape index (κ1) is 19.2. The molecule has 0 spiro atoms. The second kappa shape index (κ2) is 8.39. The zero-order valence-electron chi connectivity index (χ0n) is 15.7. The van der Waals surface area contributed by atoms with Crippen molar-refractivity contribution < 1.29 is 4.79 Å². The van der Waals surface area contributed by atoms with Gasteiger partial charge in [-0.3, -0.25) is 9.59 Å². The van der Waals surface area contributed by atoms with Gasteiger partial charge in [0.15, 0.2) is 10.8 Å². The molecule has 0 saturated carbocycles. The van der Waals surface area contributed by atoms with Crippen molar-refractivity contribution in [3.05, 3.63) is 46.4 Å². The van der Waals surface area contributed by atoms with Gasteiger partial charge < -0.3 is 10.3 Å². The molecule has 27 heavy (non-hydrogen) atoms. The molecule has 2 aromatic heterocycles. The molecule has 0 unspecified atom stereocenters. The third-order valence-electron chi connectivity index (χ3n) is 4.39. The molecule has 0 atom stereocenters. The van der Waals surface area contributed by atoms with Crippen LogP contribution in [-0.2, 0) is 4.79 Å². The first-order chi connectivity index (χ1) is 13.0. The van der Waals surface area contributed by atoms with Gasteiger partial charge in [0, 0.05) is 6.04 Å². The molecule has 2 N–H and O–H groups in total. The van der Waals surface area contributed by atoms with Crippen LogP contribution in [0.15, 0.2) is 40.4 Å². The molecule has 3 aromatic rings. The lowest BCUT2D eigenvalue weighted by Crippen LogP contribution is -2.35. The van der Waals surface area contributed by atoms with Gasteiger partial charge in [0.25, 0.3) is 5.56 Å². The van der Waals surface area contributed by atoms with Gasteiger partial charge in [-0.05, 0) is 31.9 Å². The Morgan fingerprint density at radius 3 is 2.63 bits per heavy atom. The number of carbonyl (C=O) groups is 1. The first-order valence-electron chi connectivity index (χ1n) is 8.99. The van der Waals surface area contributed by atoms with E-state index < -0.39 is 0 Å². The molecule has 0 aliphatic carbocycles. The van der Waals surface area contributed by atoms with Crippen LogP contribution < -0.4 is 10.9 Å². The van der Waals surface area contributed by atoms with Gasteiger partial charge in [-0.25, -0.2) is 9.67 Å². The molecule has 1 amide bonds. The average molecular weight is 385 g/mol. The van der Waals surface area contributed by atoms with Crippen LogP contribution in [0.3, 0.4) is 0 Å². The van der Waals surface area contributed by atoms with E-state index in [4.69, 9.17) is 0 Å². The number of hydrogen-bond donors (Lipinski definition) is 2. The average Bonchev–Trinajstić information content (AvgIpc) is 3.09. The van der Waals surface area contributed by atoms with Crippen molar-refractivity contribution in [3.63, 3.8) is 0 Å². The van der Waals surface area contributed by atoms with Gasteiger partial charge in [0.1, 0.15) is 5.39 Å². The van der Waals surface area contributed by atoms with Gasteiger partial charge in [-0.1, -0.05) is 43.3 Å². The number of nitrogens with one attached hydrogen (secondary N) is 2. The van der Waals surface area contributed by atoms with Crippen LogP contribution in [0.4, 0.5) is 0 Å². The van der Waals surface area contributed by atoms with E-state index in [1.807, 2.05) is 45.0 Å². The Morgan fingerprint density at radius 2 is 1.96 bits per heavy atom. The molecule has 0 fully saturated rings. The first-order valence-corrected chi connectivity index (χ1v) is 9.97. The Hall–Kier alpha value is -2.61. The number of amides is 1. The van der Waals surface area contributed by atoms with Crippen molar-refractivity contribution in [1.29, 1.82) is 0 Å². The van der Waals surface area contributed by atoms with Crippen molar-refractivity contribution >= 4 is 28.7 Å². The molecular formula is C19H23N5O2S. The van der Waals surface area contributed by atoms with E-state index in [0.29, 0.717) is 16.2 Å². The predicted molar refractivity (Wildman–Crippen MR) is 107 cm³/mol. The summed E-state index contributed by atoms with van der Waals surface area (Å²) in [5.41, 5.74) is 2.18. The number of aromatic nitrogens is 4. The highest BCUT2D eigenvalue weighted by molar-refractivity contribution is 7.99. The summed E-state index contributed by atoms with van der Waals surface area (Å²) in [7, 11) is 0. The van der Waals surface area contributed by atoms with Crippen LogP contribution >= 0.6 is 11.8 Å². The molecule has 2 heterocycles. The third kappa shape index (κ3) is 4.39. The number of benzene rings is 1. The number of hydrogen-bond acceptors (Lipinski definition) is 5. The molecule has 8 heteroatoms. The minimum absolute atomic E-state index is 0.0662. The second-order valence-corrected chi connectivity index (χ2v) is 7.33. The number of carbonyl (C=O) groups excluding carboxylic acids is 1. The second-order valence-electron chi connectivity index (χ2n) is 6.37. The molecule has 7 nitrogen and oxygen atoms in total. The maximum Gasteiger partial charge on any atom is 0.262 e. The van der Waals surface area contributed by atoms with E-state index in [0.717, 1.165) is 24.1 Å². The SMILES string of the molecule is CCC(CC)NC(=O)CSc1nc2c(cnn2-c2ccc(C)cc2)c(=O)[nH]1.